The first kappa shape index (κ1) is 12.2. The zero-order chi connectivity index (χ0) is 13.1. The SMILES string of the molecule is CC(=O)Cc1nc(C(=O)c2ccccc2)c(C)[nH]1. The van der Waals surface area contributed by atoms with E-state index in [-0.39, 0.29) is 18.0 Å². The zero-order valence-electron chi connectivity index (χ0n) is 10.4. The van der Waals surface area contributed by atoms with Gasteiger partial charge in [0.2, 0.25) is 5.78 Å². The van der Waals surface area contributed by atoms with E-state index in [1.54, 1.807) is 19.1 Å². The van der Waals surface area contributed by atoms with Crippen molar-refractivity contribution in [3.05, 3.63) is 53.1 Å². The average molecular weight is 242 g/mol. The smallest absolute Gasteiger partial charge is 0.213 e. The lowest BCUT2D eigenvalue weighted by Gasteiger charge is -1.97. The van der Waals surface area contributed by atoms with Crippen LogP contribution in [0.2, 0.25) is 0 Å². The molecule has 0 radical (unpaired) electrons. The highest BCUT2D eigenvalue weighted by Gasteiger charge is 2.16. The van der Waals surface area contributed by atoms with Crippen LogP contribution in [0.15, 0.2) is 30.3 Å². The predicted molar refractivity (Wildman–Crippen MR) is 67.6 cm³/mol. The summed E-state index contributed by atoms with van der Waals surface area (Å²) in [5.74, 6) is 0.431. The van der Waals surface area contributed by atoms with Gasteiger partial charge in [-0.05, 0) is 13.8 Å². The van der Waals surface area contributed by atoms with E-state index in [1.807, 2.05) is 18.2 Å². The Labute approximate surface area is 105 Å². The fourth-order valence-corrected chi connectivity index (χ4v) is 1.79. The summed E-state index contributed by atoms with van der Waals surface area (Å²) in [5, 5.41) is 0. The van der Waals surface area contributed by atoms with E-state index >= 15 is 0 Å². The van der Waals surface area contributed by atoms with Crippen LogP contribution in [0.4, 0.5) is 0 Å². The number of aromatic nitrogens is 2. The first-order valence-corrected chi connectivity index (χ1v) is 5.72. The van der Waals surface area contributed by atoms with Crippen molar-refractivity contribution in [2.75, 3.05) is 0 Å². The highest BCUT2D eigenvalue weighted by atomic mass is 16.1. The largest absolute Gasteiger partial charge is 0.345 e. The molecular weight excluding hydrogens is 228 g/mol. The Kier molecular flexibility index (Phi) is 3.37. The molecule has 0 unspecified atom stereocenters. The van der Waals surface area contributed by atoms with Gasteiger partial charge in [0, 0.05) is 11.3 Å². The number of nitrogens with one attached hydrogen (secondary N) is 1. The maximum Gasteiger partial charge on any atom is 0.213 e. The summed E-state index contributed by atoms with van der Waals surface area (Å²) in [4.78, 5) is 30.4. The second-order valence-corrected chi connectivity index (χ2v) is 4.23. The van der Waals surface area contributed by atoms with Gasteiger partial charge in [-0.15, -0.1) is 0 Å². The number of H-pyrrole nitrogens is 1. The Morgan fingerprint density at radius 3 is 2.50 bits per heavy atom. The molecule has 4 heteroatoms. The average Bonchev–Trinajstić information content (AvgIpc) is 2.69. The van der Waals surface area contributed by atoms with Crippen molar-refractivity contribution < 1.29 is 9.59 Å². The van der Waals surface area contributed by atoms with Crippen LogP contribution in [0.25, 0.3) is 0 Å². The molecule has 0 aliphatic carbocycles. The number of carbonyl (C=O) groups is 2. The molecule has 1 aromatic carbocycles. The first-order chi connectivity index (χ1) is 8.58. The van der Waals surface area contributed by atoms with Gasteiger partial charge >= 0.3 is 0 Å². The number of benzene rings is 1. The number of rotatable bonds is 4. The van der Waals surface area contributed by atoms with Crippen molar-refractivity contribution in [2.45, 2.75) is 20.3 Å². The van der Waals surface area contributed by atoms with Gasteiger partial charge in [0.1, 0.15) is 17.3 Å². The van der Waals surface area contributed by atoms with Gasteiger partial charge in [-0.25, -0.2) is 4.98 Å². The summed E-state index contributed by atoms with van der Waals surface area (Å²) in [7, 11) is 0. The van der Waals surface area contributed by atoms with Crippen LogP contribution in [-0.2, 0) is 11.2 Å². The minimum absolute atomic E-state index is 0.0162. The Morgan fingerprint density at radius 1 is 1.22 bits per heavy atom. The lowest BCUT2D eigenvalue weighted by Crippen LogP contribution is -2.04. The minimum atomic E-state index is -0.126. The maximum absolute atomic E-state index is 12.2. The standard InChI is InChI=1S/C14H14N2O2/c1-9(17)8-12-15-10(2)13(16-12)14(18)11-6-4-3-5-7-11/h3-7H,8H2,1-2H3,(H,15,16). The minimum Gasteiger partial charge on any atom is -0.345 e. The van der Waals surface area contributed by atoms with Crippen LogP contribution in [0.1, 0.15) is 34.5 Å². The lowest BCUT2D eigenvalue weighted by molar-refractivity contribution is -0.116. The van der Waals surface area contributed by atoms with E-state index in [2.05, 4.69) is 9.97 Å². The Morgan fingerprint density at radius 2 is 1.89 bits per heavy atom. The lowest BCUT2D eigenvalue weighted by atomic mass is 10.1. The second kappa shape index (κ2) is 4.96. The van der Waals surface area contributed by atoms with Gasteiger partial charge in [-0.3, -0.25) is 9.59 Å². The van der Waals surface area contributed by atoms with Gasteiger partial charge in [-0.1, -0.05) is 30.3 Å². The molecule has 0 amide bonds. The third-order valence-electron chi connectivity index (χ3n) is 2.60. The quantitative estimate of drug-likeness (QED) is 0.835. The van der Waals surface area contributed by atoms with Crippen LogP contribution in [0.3, 0.4) is 0 Å². The number of Topliss-reactive ketones (excluding diaryl/α,β-unsaturated/α-hetero) is 1. The molecule has 0 saturated carbocycles. The van der Waals surface area contributed by atoms with Crippen molar-refractivity contribution in [2.24, 2.45) is 0 Å². The molecule has 0 spiro atoms. The normalized spacial score (nSPS) is 10.3. The molecule has 18 heavy (non-hydrogen) atoms. The van der Waals surface area contributed by atoms with Crippen LogP contribution in [0, 0.1) is 6.92 Å². The topological polar surface area (TPSA) is 62.8 Å². The molecule has 1 aromatic heterocycles. The van der Waals surface area contributed by atoms with Crippen LogP contribution >= 0.6 is 0 Å². The van der Waals surface area contributed by atoms with E-state index in [9.17, 15) is 9.59 Å². The number of hydrogen-bond donors (Lipinski definition) is 1. The van der Waals surface area contributed by atoms with Crippen molar-refractivity contribution >= 4 is 11.6 Å². The summed E-state index contributed by atoms with van der Waals surface area (Å²) in [5.41, 5.74) is 1.68. The molecule has 1 heterocycles. The molecule has 0 saturated heterocycles. The van der Waals surface area contributed by atoms with Gasteiger partial charge < -0.3 is 4.98 Å². The zero-order valence-corrected chi connectivity index (χ0v) is 10.4. The number of aryl methyl sites for hydroxylation is 1. The molecule has 0 aliphatic rings. The maximum atomic E-state index is 12.2. The Hall–Kier alpha value is -2.23. The van der Waals surface area contributed by atoms with Crippen LogP contribution in [-0.4, -0.2) is 21.5 Å². The van der Waals surface area contributed by atoms with E-state index in [0.717, 1.165) is 0 Å². The van der Waals surface area contributed by atoms with E-state index in [0.29, 0.717) is 22.8 Å². The second-order valence-electron chi connectivity index (χ2n) is 4.23. The highest BCUT2D eigenvalue weighted by molar-refractivity contribution is 6.08. The van der Waals surface area contributed by atoms with E-state index in [4.69, 9.17) is 0 Å². The summed E-state index contributed by atoms with van der Waals surface area (Å²) >= 11 is 0. The molecule has 0 fully saturated rings. The number of ketones is 2. The third-order valence-corrected chi connectivity index (χ3v) is 2.60. The van der Waals surface area contributed by atoms with Gasteiger partial charge in [-0.2, -0.15) is 0 Å². The highest BCUT2D eigenvalue weighted by Crippen LogP contribution is 2.12. The van der Waals surface area contributed by atoms with Crippen molar-refractivity contribution in [3.63, 3.8) is 0 Å². The number of carbonyl (C=O) groups excluding carboxylic acids is 2. The number of hydrogen-bond acceptors (Lipinski definition) is 3. The van der Waals surface area contributed by atoms with Gasteiger partial charge in [0.05, 0.1) is 6.42 Å². The summed E-state index contributed by atoms with van der Waals surface area (Å²) in [6, 6.07) is 8.98. The summed E-state index contributed by atoms with van der Waals surface area (Å²) in [6.07, 6.45) is 0.225. The van der Waals surface area contributed by atoms with Crippen LogP contribution < -0.4 is 0 Å². The number of aromatic amines is 1. The monoisotopic (exact) mass is 242 g/mol. The molecule has 0 bridgehead atoms. The number of nitrogens with zero attached hydrogens (tertiary/aromatic N) is 1. The van der Waals surface area contributed by atoms with Crippen LogP contribution in [0.5, 0.6) is 0 Å². The van der Waals surface area contributed by atoms with Crippen molar-refractivity contribution in [3.8, 4) is 0 Å². The summed E-state index contributed by atoms with van der Waals surface area (Å²) in [6.45, 7) is 3.28. The molecule has 4 nitrogen and oxygen atoms in total. The molecule has 92 valence electrons. The van der Waals surface area contributed by atoms with Gasteiger partial charge in [0.15, 0.2) is 0 Å². The Balaban J connectivity index is 2.31. The molecule has 1 N–H and O–H groups in total. The third kappa shape index (κ3) is 2.53. The van der Waals surface area contributed by atoms with E-state index in [1.165, 1.54) is 6.92 Å². The molecule has 2 aromatic rings. The summed E-state index contributed by atoms with van der Waals surface area (Å²) < 4.78 is 0. The first-order valence-electron chi connectivity index (χ1n) is 5.72. The molecule has 2 rings (SSSR count). The fourth-order valence-electron chi connectivity index (χ4n) is 1.79. The molecule has 0 aliphatic heterocycles. The molecular formula is C14H14N2O2. The Bertz CT molecular complexity index is 585. The molecule has 0 atom stereocenters. The predicted octanol–water partition coefficient (Wildman–Crippen LogP) is 2.08. The van der Waals surface area contributed by atoms with E-state index < -0.39 is 0 Å². The fraction of sp³-hybridized carbons (Fsp3) is 0.214. The number of imidazole rings is 1. The van der Waals surface area contributed by atoms with Crippen molar-refractivity contribution in [1.29, 1.82) is 0 Å². The van der Waals surface area contributed by atoms with Crippen molar-refractivity contribution in [1.82, 2.24) is 9.97 Å². The van der Waals surface area contributed by atoms with Gasteiger partial charge in [0.25, 0.3) is 0 Å².